The summed E-state index contributed by atoms with van der Waals surface area (Å²) in [5.74, 6) is -3.29. The van der Waals surface area contributed by atoms with E-state index in [0.29, 0.717) is 0 Å². The predicted octanol–water partition coefficient (Wildman–Crippen LogP) is -1.06. The molecule has 1 amide bonds. The molecule has 0 aromatic heterocycles. The average Bonchev–Trinajstić information content (AvgIpc) is 2.61. The van der Waals surface area contributed by atoms with Crippen molar-refractivity contribution < 1.29 is 40.6 Å². The number of hydrogen-bond donors (Lipinski definition) is 3. The predicted molar refractivity (Wildman–Crippen MR) is 66.3 cm³/mol. The van der Waals surface area contributed by atoms with Crippen LogP contribution in [0.4, 0.5) is 0 Å². The van der Waals surface area contributed by atoms with Gasteiger partial charge in [-0.3, -0.25) is 9.35 Å². The number of rotatable bonds is 5. The van der Waals surface area contributed by atoms with Gasteiger partial charge in [-0.05, 0) is 6.92 Å². The van der Waals surface area contributed by atoms with Gasteiger partial charge in [-0.2, -0.15) is 8.42 Å². The molecule has 1 unspecified atom stereocenters. The fourth-order valence-corrected chi connectivity index (χ4v) is 3.79. The van der Waals surface area contributed by atoms with Gasteiger partial charge in [0.25, 0.3) is 0 Å². The van der Waals surface area contributed by atoms with E-state index in [1.807, 2.05) is 0 Å². The number of aliphatic carboxylic acids is 1. The number of fused-ring (bicyclic) bond motifs is 1. The topological polar surface area (TPSA) is 159 Å². The lowest BCUT2D eigenvalue weighted by molar-refractivity contribution is -0.160. The van der Waals surface area contributed by atoms with Gasteiger partial charge >= 0.3 is 16.4 Å². The van der Waals surface area contributed by atoms with E-state index in [4.69, 9.17) is 14.2 Å². The minimum atomic E-state index is -4.77. The zero-order valence-electron chi connectivity index (χ0n) is 10.5. The third-order valence-corrected chi connectivity index (χ3v) is 4.69. The molecule has 3 N–H and O–H groups in total. The van der Waals surface area contributed by atoms with E-state index in [9.17, 15) is 22.2 Å². The van der Waals surface area contributed by atoms with E-state index in [2.05, 4.69) is 4.18 Å². The molecule has 0 spiro atoms. The van der Waals surface area contributed by atoms with Gasteiger partial charge in [0.05, 0.1) is 23.0 Å². The molecule has 0 aliphatic carbocycles. The molecule has 0 aromatic rings. The Morgan fingerprint density at radius 1 is 1.52 bits per heavy atom. The van der Waals surface area contributed by atoms with E-state index in [0.717, 1.165) is 4.90 Å². The number of nitrogens with zero attached hydrogens (tertiary/aromatic N) is 1. The van der Waals surface area contributed by atoms with Crippen molar-refractivity contribution in [2.24, 2.45) is 5.92 Å². The third kappa shape index (κ3) is 2.72. The van der Waals surface area contributed by atoms with Crippen molar-refractivity contribution in [1.29, 1.82) is 0 Å². The smallest absolute Gasteiger partial charge is 0.397 e. The van der Waals surface area contributed by atoms with Crippen molar-refractivity contribution in [3.05, 3.63) is 10.6 Å². The number of amides is 1. The Morgan fingerprint density at radius 2 is 2.10 bits per heavy atom. The zero-order valence-corrected chi connectivity index (χ0v) is 12.1. The van der Waals surface area contributed by atoms with Crippen LogP contribution in [-0.2, 0) is 35.3 Å². The Balaban J connectivity index is 2.26. The normalized spacial score (nSPS) is 28.1. The van der Waals surface area contributed by atoms with E-state index in [-0.39, 0.29) is 11.3 Å². The number of carbonyl (C=O) groups excluding carboxylic acids is 1. The highest BCUT2D eigenvalue weighted by molar-refractivity contribution is 7.83. The Labute approximate surface area is 121 Å². The monoisotopic (exact) mass is 341 g/mol. The molecule has 2 aliphatic heterocycles. The molecule has 2 aliphatic rings. The number of carboxylic acid groups (broad SMARTS) is 1. The maximum atomic E-state index is 11.9. The third-order valence-electron chi connectivity index (χ3n) is 3.36. The summed E-state index contributed by atoms with van der Waals surface area (Å²) in [5.41, 5.74) is -0.568. The molecule has 2 rings (SSSR count). The van der Waals surface area contributed by atoms with E-state index < -0.39 is 57.1 Å². The van der Waals surface area contributed by atoms with Crippen molar-refractivity contribution in [3.63, 3.8) is 0 Å². The maximum Gasteiger partial charge on any atom is 0.397 e. The first-order valence-electron chi connectivity index (χ1n) is 5.60. The van der Waals surface area contributed by atoms with Crippen molar-refractivity contribution in [3.8, 4) is 0 Å². The first-order chi connectivity index (χ1) is 9.54. The summed E-state index contributed by atoms with van der Waals surface area (Å²) < 4.78 is 54.4. The van der Waals surface area contributed by atoms with Crippen LogP contribution in [0.2, 0.25) is 0 Å². The summed E-state index contributed by atoms with van der Waals surface area (Å²) in [5, 5.41) is 9.02. The second kappa shape index (κ2) is 5.14. The second-order valence-corrected chi connectivity index (χ2v) is 6.60. The number of carboxylic acids is 1. The summed E-state index contributed by atoms with van der Waals surface area (Å²) in [6.45, 7) is 1.22. The SMILES string of the molecule is C[C@H](OS(=O)(=O)O)[C@@H]1C(=O)N2C(C(=O)O)=C(S(=O)O)C[C@H]12. The standard InChI is InChI=1S/C9H11NO9S2/c1-3(19-21(16,17)18)6-4-2-5(20(14)15)7(9(12)13)10(4)8(6)11/h3-4,6H,2H2,1H3,(H,12,13)(H,14,15)(H,16,17,18)/t3-,4+,6-/m0/s1. The molecule has 2 heterocycles. The fourth-order valence-electron chi connectivity index (χ4n) is 2.62. The molecular weight excluding hydrogens is 330 g/mol. The largest absolute Gasteiger partial charge is 0.477 e. The van der Waals surface area contributed by atoms with Gasteiger partial charge in [-0.25, -0.2) is 13.2 Å². The van der Waals surface area contributed by atoms with Crippen molar-refractivity contribution in [2.75, 3.05) is 0 Å². The summed E-state index contributed by atoms with van der Waals surface area (Å²) in [6.07, 6.45) is -1.41. The van der Waals surface area contributed by atoms with Gasteiger partial charge in [-0.15, -0.1) is 0 Å². The highest BCUT2D eigenvalue weighted by Crippen LogP contribution is 2.45. The molecule has 0 saturated carbocycles. The summed E-state index contributed by atoms with van der Waals surface area (Å²) >= 11 is -2.56. The van der Waals surface area contributed by atoms with Crippen molar-refractivity contribution >= 4 is 33.4 Å². The Kier molecular flexibility index (Phi) is 3.92. The van der Waals surface area contributed by atoms with Crippen LogP contribution >= 0.6 is 0 Å². The molecular formula is C9H11NO9S2. The lowest BCUT2D eigenvalue weighted by atomic mass is 9.83. The molecule has 4 atom stereocenters. The first-order valence-corrected chi connectivity index (χ1v) is 8.08. The zero-order chi connectivity index (χ0) is 16.1. The molecule has 12 heteroatoms. The minimum absolute atomic E-state index is 0.180. The lowest BCUT2D eigenvalue weighted by Gasteiger charge is -2.45. The van der Waals surface area contributed by atoms with Gasteiger partial charge in [0.15, 0.2) is 11.1 Å². The summed E-state index contributed by atoms with van der Waals surface area (Å²) in [7, 11) is -4.77. The number of carbonyl (C=O) groups is 2. The van der Waals surface area contributed by atoms with Gasteiger partial charge < -0.3 is 14.6 Å². The molecule has 0 bridgehead atoms. The lowest BCUT2D eigenvalue weighted by Crippen LogP contribution is -2.62. The highest BCUT2D eigenvalue weighted by Gasteiger charge is 2.58. The van der Waals surface area contributed by atoms with Gasteiger partial charge in [0.1, 0.15) is 5.70 Å². The maximum absolute atomic E-state index is 11.9. The van der Waals surface area contributed by atoms with Gasteiger partial charge in [0, 0.05) is 6.42 Å². The van der Waals surface area contributed by atoms with Crippen LogP contribution < -0.4 is 0 Å². The van der Waals surface area contributed by atoms with Crippen LogP contribution in [0.1, 0.15) is 13.3 Å². The molecule has 0 radical (unpaired) electrons. The van der Waals surface area contributed by atoms with E-state index in [1.165, 1.54) is 6.92 Å². The van der Waals surface area contributed by atoms with Gasteiger partial charge in [-0.1, -0.05) is 0 Å². The number of β-lactam (4-membered cyclic amide) rings is 1. The second-order valence-electron chi connectivity index (χ2n) is 4.56. The van der Waals surface area contributed by atoms with E-state index >= 15 is 0 Å². The van der Waals surface area contributed by atoms with Gasteiger partial charge in [0.2, 0.25) is 5.91 Å². The molecule has 1 saturated heterocycles. The van der Waals surface area contributed by atoms with Crippen LogP contribution in [0.5, 0.6) is 0 Å². The minimum Gasteiger partial charge on any atom is -0.477 e. The first kappa shape index (κ1) is 16.0. The molecule has 118 valence electrons. The average molecular weight is 341 g/mol. The molecule has 1 fully saturated rings. The van der Waals surface area contributed by atoms with Crippen molar-refractivity contribution in [2.45, 2.75) is 25.5 Å². The molecule has 0 aromatic carbocycles. The molecule has 21 heavy (non-hydrogen) atoms. The van der Waals surface area contributed by atoms with Crippen LogP contribution in [-0.4, -0.2) is 55.8 Å². The van der Waals surface area contributed by atoms with Crippen LogP contribution in [0, 0.1) is 5.92 Å². The van der Waals surface area contributed by atoms with Crippen LogP contribution in [0.3, 0.4) is 0 Å². The van der Waals surface area contributed by atoms with Crippen LogP contribution in [0.15, 0.2) is 10.6 Å². The Bertz CT molecular complexity index is 667. The highest BCUT2D eigenvalue weighted by atomic mass is 32.3. The summed E-state index contributed by atoms with van der Waals surface area (Å²) in [4.78, 5) is 23.6. The Hall–Kier alpha value is -1.34. The summed E-state index contributed by atoms with van der Waals surface area (Å²) in [6, 6.07) is -0.786. The quantitative estimate of drug-likeness (QED) is 0.322. The van der Waals surface area contributed by atoms with Crippen molar-refractivity contribution in [1.82, 2.24) is 4.90 Å². The number of hydrogen-bond acceptors (Lipinski definition) is 6. The van der Waals surface area contributed by atoms with Crippen LogP contribution in [0.25, 0.3) is 0 Å². The molecule has 10 nitrogen and oxygen atoms in total. The van der Waals surface area contributed by atoms with E-state index in [1.54, 1.807) is 0 Å². The Morgan fingerprint density at radius 3 is 2.52 bits per heavy atom. The fraction of sp³-hybridized carbons (Fsp3) is 0.556.